The van der Waals surface area contributed by atoms with E-state index in [1.165, 1.54) is 4.90 Å². The van der Waals surface area contributed by atoms with Crippen LogP contribution in [0.4, 0.5) is 5.69 Å². The van der Waals surface area contributed by atoms with Crippen molar-refractivity contribution in [2.24, 2.45) is 0 Å². The van der Waals surface area contributed by atoms with Crippen LogP contribution in [0.15, 0.2) is 42.5 Å². The van der Waals surface area contributed by atoms with E-state index < -0.39 is 28.5 Å². The highest BCUT2D eigenvalue weighted by Gasteiger charge is 2.33. The van der Waals surface area contributed by atoms with Gasteiger partial charge in [0.05, 0.1) is 11.9 Å². The van der Waals surface area contributed by atoms with Gasteiger partial charge in [0.15, 0.2) is 0 Å². The number of carbonyl (C=O) groups is 2. The summed E-state index contributed by atoms with van der Waals surface area (Å²) in [7, 11) is -3.83. The predicted molar refractivity (Wildman–Crippen MR) is 145 cm³/mol. The van der Waals surface area contributed by atoms with E-state index in [2.05, 4.69) is 5.32 Å². The van der Waals surface area contributed by atoms with Crippen LogP contribution >= 0.6 is 23.2 Å². The molecule has 0 heterocycles. The second-order valence-electron chi connectivity index (χ2n) is 9.22. The molecular weight excluding hydrogens is 521 g/mol. The quantitative estimate of drug-likeness (QED) is 0.451. The predicted octanol–water partition coefficient (Wildman–Crippen LogP) is 4.93. The molecular formula is C26H33Cl2N3O4S. The Labute approximate surface area is 223 Å². The molecule has 0 spiro atoms. The van der Waals surface area contributed by atoms with Crippen molar-refractivity contribution < 1.29 is 18.0 Å². The molecule has 1 saturated carbocycles. The summed E-state index contributed by atoms with van der Waals surface area (Å²) < 4.78 is 26.6. The summed E-state index contributed by atoms with van der Waals surface area (Å²) in [6.45, 7) is 3.23. The molecule has 0 aromatic heterocycles. The van der Waals surface area contributed by atoms with Crippen LogP contribution in [0.5, 0.6) is 0 Å². The number of hydrogen-bond acceptors (Lipinski definition) is 4. The van der Waals surface area contributed by atoms with Gasteiger partial charge in [0.1, 0.15) is 12.6 Å². The van der Waals surface area contributed by atoms with Crippen LogP contribution in [0.25, 0.3) is 0 Å². The second kappa shape index (κ2) is 12.3. The highest BCUT2D eigenvalue weighted by Crippen LogP contribution is 2.29. The van der Waals surface area contributed by atoms with Crippen LogP contribution in [-0.2, 0) is 26.2 Å². The number of nitrogens with zero attached hydrogens (tertiary/aromatic N) is 2. The third kappa shape index (κ3) is 7.14. The van der Waals surface area contributed by atoms with Crippen molar-refractivity contribution in [2.45, 2.75) is 64.6 Å². The van der Waals surface area contributed by atoms with E-state index in [4.69, 9.17) is 23.2 Å². The van der Waals surface area contributed by atoms with Gasteiger partial charge in [-0.1, -0.05) is 61.2 Å². The molecule has 1 aliphatic carbocycles. The first-order valence-electron chi connectivity index (χ1n) is 12.1. The van der Waals surface area contributed by atoms with Gasteiger partial charge < -0.3 is 10.2 Å². The van der Waals surface area contributed by atoms with Crippen molar-refractivity contribution in [1.82, 2.24) is 10.2 Å². The summed E-state index contributed by atoms with van der Waals surface area (Å²) in [5, 5.41) is 4.04. The summed E-state index contributed by atoms with van der Waals surface area (Å²) in [4.78, 5) is 28.5. The third-order valence-corrected chi connectivity index (χ3v) is 8.33. The van der Waals surface area contributed by atoms with Gasteiger partial charge in [-0.25, -0.2) is 8.42 Å². The number of carbonyl (C=O) groups excluding carboxylic acids is 2. The van der Waals surface area contributed by atoms with E-state index in [1.54, 1.807) is 49.4 Å². The van der Waals surface area contributed by atoms with E-state index in [0.29, 0.717) is 27.7 Å². The van der Waals surface area contributed by atoms with E-state index in [1.807, 2.05) is 6.92 Å². The van der Waals surface area contributed by atoms with Gasteiger partial charge in [-0.3, -0.25) is 13.9 Å². The maximum atomic E-state index is 13.8. The van der Waals surface area contributed by atoms with Crippen molar-refractivity contribution in [3.8, 4) is 0 Å². The summed E-state index contributed by atoms with van der Waals surface area (Å²) in [5.41, 5.74) is 1.66. The van der Waals surface area contributed by atoms with Gasteiger partial charge >= 0.3 is 0 Å². The number of amides is 2. The first kappa shape index (κ1) is 28.3. The fourth-order valence-electron chi connectivity index (χ4n) is 4.53. The Morgan fingerprint density at radius 3 is 2.31 bits per heavy atom. The lowest BCUT2D eigenvalue weighted by Gasteiger charge is -2.33. The molecule has 1 N–H and O–H groups in total. The molecule has 2 aromatic rings. The highest BCUT2D eigenvalue weighted by atomic mass is 35.5. The molecule has 7 nitrogen and oxygen atoms in total. The molecule has 10 heteroatoms. The van der Waals surface area contributed by atoms with Crippen LogP contribution in [0.3, 0.4) is 0 Å². The number of anilines is 1. The molecule has 2 amide bonds. The van der Waals surface area contributed by atoms with Crippen molar-refractivity contribution in [3.05, 3.63) is 63.6 Å². The van der Waals surface area contributed by atoms with E-state index in [-0.39, 0.29) is 18.5 Å². The van der Waals surface area contributed by atoms with Gasteiger partial charge in [0.25, 0.3) is 0 Å². The number of nitrogens with one attached hydrogen (secondary N) is 1. The molecule has 0 saturated heterocycles. The second-order valence-corrected chi connectivity index (χ2v) is 12.0. The molecule has 36 heavy (non-hydrogen) atoms. The minimum absolute atomic E-state index is 0.0978. The number of rotatable bonds is 10. The zero-order chi connectivity index (χ0) is 26.5. The maximum Gasteiger partial charge on any atom is 0.244 e. The van der Waals surface area contributed by atoms with E-state index in [9.17, 15) is 18.0 Å². The van der Waals surface area contributed by atoms with Crippen LogP contribution in [0.2, 0.25) is 10.0 Å². The molecule has 2 aromatic carbocycles. The molecule has 1 fully saturated rings. The topological polar surface area (TPSA) is 86.8 Å². The third-order valence-electron chi connectivity index (χ3n) is 6.54. The lowest BCUT2D eigenvalue weighted by molar-refractivity contribution is -0.140. The largest absolute Gasteiger partial charge is 0.352 e. The monoisotopic (exact) mass is 553 g/mol. The standard InChI is InChI=1S/C26H33Cl2N3O4S/c1-4-23(26(33)29-21-8-5-6-9-21)30(16-19-12-14-20(27)15-13-19)25(32)17-31(36(3,34)35)24-11-7-10-22(28)18(24)2/h7,10-15,21,23H,4-6,8-9,16-17H2,1-3H3,(H,29,33). The van der Waals surface area contributed by atoms with Gasteiger partial charge in [-0.15, -0.1) is 0 Å². The molecule has 3 rings (SSSR count). The molecule has 1 unspecified atom stereocenters. The normalized spacial score (nSPS) is 14.9. The first-order chi connectivity index (χ1) is 17.0. The Balaban J connectivity index is 1.94. The summed E-state index contributed by atoms with van der Waals surface area (Å²) >= 11 is 12.3. The first-order valence-corrected chi connectivity index (χ1v) is 14.7. The Morgan fingerprint density at radius 2 is 1.72 bits per heavy atom. The average Bonchev–Trinajstić information content (AvgIpc) is 3.33. The van der Waals surface area contributed by atoms with Gasteiger partial charge in [-0.2, -0.15) is 0 Å². The minimum atomic E-state index is -3.83. The maximum absolute atomic E-state index is 13.8. The van der Waals surface area contributed by atoms with Gasteiger partial charge in [-0.05, 0) is 61.6 Å². The van der Waals surface area contributed by atoms with Crippen LogP contribution < -0.4 is 9.62 Å². The Morgan fingerprint density at radius 1 is 1.08 bits per heavy atom. The Hall–Kier alpha value is -2.29. The fraction of sp³-hybridized carbons (Fsp3) is 0.462. The van der Waals surface area contributed by atoms with Crippen molar-refractivity contribution in [1.29, 1.82) is 0 Å². The fourth-order valence-corrected chi connectivity index (χ4v) is 5.73. The molecule has 0 radical (unpaired) electrons. The minimum Gasteiger partial charge on any atom is -0.352 e. The van der Waals surface area contributed by atoms with Crippen LogP contribution in [0.1, 0.15) is 50.2 Å². The Kier molecular flexibility index (Phi) is 9.66. The Bertz CT molecular complexity index is 1180. The van der Waals surface area contributed by atoms with Crippen molar-refractivity contribution in [3.63, 3.8) is 0 Å². The molecule has 0 aliphatic heterocycles. The zero-order valence-electron chi connectivity index (χ0n) is 20.8. The molecule has 1 atom stereocenters. The molecule has 1 aliphatic rings. The summed E-state index contributed by atoms with van der Waals surface area (Å²) in [6.07, 6.45) is 5.41. The van der Waals surface area contributed by atoms with Gasteiger partial charge in [0.2, 0.25) is 21.8 Å². The van der Waals surface area contributed by atoms with Crippen LogP contribution in [-0.4, -0.2) is 50.0 Å². The molecule has 196 valence electrons. The van der Waals surface area contributed by atoms with Gasteiger partial charge in [0, 0.05) is 22.6 Å². The number of benzene rings is 2. The zero-order valence-corrected chi connectivity index (χ0v) is 23.2. The SMILES string of the molecule is CCC(C(=O)NC1CCCC1)N(Cc1ccc(Cl)cc1)C(=O)CN(c1cccc(Cl)c1C)S(C)(=O)=O. The lowest BCUT2D eigenvalue weighted by Crippen LogP contribution is -2.53. The lowest BCUT2D eigenvalue weighted by atomic mass is 10.1. The summed E-state index contributed by atoms with van der Waals surface area (Å²) in [6, 6.07) is 11.3. The summed E-state index contributed by atoms with van der Waals surface area (Å²) in [5.74, 6) is -0.709. The smallest absolute Gasteiger partial charge is 0.244 e. The van der Waals surface area contributed by atoms with Crippen molar-refractivity contribution in [2.75, 3.05) is 17.1 Å². The average molecular weight is 555 g/mol. The molecule has 0 bridgehead atoms. The van der Waals surface area contributed by atoms with Crippen LogP contribution in [0, 0.1) is 6.92 Å². The van der Waals surface area contributed by atoms with Crippen molar-refractivity contribution >= 4 is 50.7 Å². The van der Waals surface area contributed by atoms with E-state index in [0.717, 1.165) is 41.8 Å². The number of sulfonamides is 1. The highest BCUT2D eigenvalue weighted by molar-refractivity contribution is 7.92. The van der Waals surface area contributed by atoms with E-state index >= 15 is 0 Å². The number of hydrogen-bond donors (Lipinski definition) is 1. The number of halogens is 2.